The molecular formula is C11H11ClO2S3. The van der Waals surface area contributed by atoms with Gasteiger partial charge in [0, 0.05) is 9.75 Å². The Bertz CT molecular complexity index is 623. The van der Waals surface area contributed by atoms with E-state index >= 15 is 0 Å². The van der Waals surface area contributed by atoms with Crippen LogP contribution in [-0.4, -0.2) is 13.7 Å². The van der Waals surface area contributed by atoms with E-state index in [0.29, 0.717) is 8.55 Å². The summed E-state index contributed by atoms with van der Waals surface area (Å²) in [5.41, 5.74) is 0. The molecule has 0 radical (unpaired) electrons. The fourth-order valence-electron chi connectivity index (χ4n) is 1.28. The first kappa shape index (κ1) is 13.1. The van der Waals surface area contributed by atoms with Gasteiger partial charge in [-0.2, -0.15) is 0 Å². The third-order valence-electron chi connectivity index (χ3n) is 2.30. The van der Waals surface area contributed by atoms with E-state index in [1.54, 1.807) is 19.9 Å². The molecule has 2 aromatic heterocycles. The van der Waals surface area contributed by atoms with Crippen molar-refractivity contribution in [2.45, 2.75) is 23.3 Å². The number of thiophene rings is 2. The highest BCUT2D eigenvalue weighted by Crippen LogP contribution is 2.37. The molecule has 2 nitrogen and oxygen atoms in total. The molecule has 2 heterocycles. The van der Waals surface area contributed by atoms with Crippen molar-refractivity contribution in [2.75, 3.05) is 0 Å². The summed E-state index contributed by atoms with van der Waals surface area (Å²) in [5, 5.41) is -0.388. The molecule has 0 unspecified atom stereocenters. The molecule has 0 spiro atoms. The molecule has 0 saturated carbocycles. The highest BCUT2D eigenvalue weighted by Gasteiger charge is 2.21. The molecule has 0 aliphatic rings. The lowest BCUT2D eigenvalue weighted by atomic mass is 10.4. The molecule has 0 aliphatic heterocycles. The fourth-order valence-corrected chi connectivity index (χ4v) is 5.19. The van der Waals surface area contributed by atoms with Crippen LogP contribution in [0.15, 0.2) is 28.5 Å². The lowest BCUT2D eigenvalue weighted by Gasteiger charge is -2.03. The Labute approximate surface area is 114 Å². The first-order valence-electron chi connectivity index (χ1n) is 5.00. The van der Waals surface area contributed by atoms with E-state index in [4.69, 9.17) is 11.6 Å². The Hall–Kier alpha value is -0.360. The monoisotopic (exact) mass is 306 g/mol. The normalized spacial score (nSPS) is 12.2. The van der Waals surface area contributed by atoms with Gasteiger partial charge in [0.1, 0.15) is 4.21 Å². The Kier molecular flexibility index (Phi) is 3.63. The summed E-state index contributed by atoms with van der Waals surface area (Å²) in [6.45, 7) is 3.38. The lowest BCUT2D eigenvalue weighted by molar-refractivity contribution is 0.589. The summed E-state index contributed by atoms with van der Waals surface area (Å²) in [4.78, 5) is 1.95. The highest BCUT2D eigenvalue weighted by atomic mass is 35.5. The van der Waals surface area contributed by atoms with Crippen LogP contribution < -0.4 is 0 Å². The van der Waals surface area contributed by atoms with Gasteiger partial charge in [0.05, 0.1) is 9.59 Å². The minimum absolute atomic E-state index is 0.388. The summed E-state index contributed by atoms with van der Waals surface area (Å²) in [5.74, 6) is 0. The first-order valence-corrected chi connectivity index (χ1v) is 8.56. The van der Waals surface area contributed by atoms with Gasteiger partial charge in [0.15, 0.2) is 9.84 Å². The number of rotatable bonds is 3. The number of hydrogen-bond acceptors (Lipinski definition) is 4. The van der Waals surface area contributed by atoms with Gasteiger partial charge >= 0.3 is 0 Å². The Morgan fingerprint density at radius 1 is 1.06 bits per heavy atom. The predicted molar refractivity (Wildman–Crippen MR) is 75.0 cm³/mol. The van der Waals surface area contributed by atoms with Crippen LogP contribution in [0.5, 0.6) is 0 Å². The van der Waals surface area contributed by atoms with E-state index < -0.39 is 9.84 Å². The average molecular weight is 307 g/mol. The van der Waals surface area contributed by atoms with Crippen LogP contribution in [0, 0.1) is 0 Å². The van der Waals surface area contributed by atoms with E-state index in [1.807, 2.05) is 18.2 Å². The van der Waals surface area contributed by atoms with Gasteiger partial charge in [0.25, 0.3) is 0 Å². The topological polar surface area (TPSA) is 34.1 Å². The van der Waals surface area contributed by atoms with Gasteiger partial charge in [-0.1, -0.05) is 11.6 Å². The molecule has 0 saturated heterocycles. The summed E-state index contributed by atoms with van der Waals surface area (Å²) in [6, 6.07) is 7.23. The van der Waals surface area contributed by atoms with Crippen molar-refractivity contribution >= 4 is 44.1 Å². The fraction of sp³-hybridized carbons (Fsp3) is 0.273. The maximum atomic E-state index is 12.0. The van der Waals surface area contributed by atoms with Gasteiger partial charge < -0.3 is 0 Å². The third-order valence-corrected chi connectivity index (χ3v) is 7.49. The van der Waals surface area contributed by atoms with E-state index in [9.17, 15) is 8.42 Å². The second kappa shape index (κ2) is 4.72. The van der Waals surface area contributed by atoms with Crippen LogP contribution >= 0.6 is 34.3 Å². The number of halogens is 1. The molecule has 92 valence electrons. The Balaban J connectivity index is 2.41. The van der Waals surface area contributed by atoms with Crippen molar-refractivity contribution in [1.29, 1.82) is 0 Å². The predicted octanol–water partition coefficient (Wildman–Crippen LogP) is 4.31. The van der Waals surface area contributed by atoms with Crippen molar-refractivity contribution in [3.63, 3.8) is 0 Å². The molecule has 0 fully saturated rings. The average Bonchev–Trinajstić information content (AvgIpc) is 2.85. The zero-order chi connectivity index (χ0) is 12.6. The molecule has 0 amide bonds. The number of hydrogen-bond donors (Lipinski definition) is 0. The molecule has 0 atom stereocenters. The van der Waals surface area contributed by atoms with Crippen molar-refractivity contribution in [2.24, 2.45) is 0 Å². The zero-order valence-corrected chi connectivity index (χ0v) is 12.5. The SMILES string of the molecule is CC(C)S(=O)(=O)c1ccc(-c2ccc(Cl)s2)s1. The van der Waals surface area contributed by atoms with Crippen LogP contribution in [0.2, 0.25) is 4.34 Å². The van der Waals surface area contributed by atoms with Gasteiger partial charge in [-0.15, -0.1) is 22.7 Å². The van der Waals surface area contributed by atoms with Crippen LogP contribution in [-0.2, 0) is 9.84 Å². The van der Waals surface area contributed by atoms with Gasteiger partial charge in [-0.25, -0.2) is 8.42 Å². The van der Waals surface area contributed by atoms with Crippen LogP contribution in [0.1, 0.15) is 13.8 Å². The molecule has 2 rings (SSSR count). The van der Waals surface area contributed by atoms with Crippen molar-refractivity contribution in [1.82, 2.24) is 0 Å². The summed E-state index contributed by atoms with van der Waals surface area (Å²) in [7, 11) is -3.17. The molecule has 6 heteroatoms. The largest absolute Gasteiger partial charge is 0.223 e. The van der Waals surface area contributed by atoms with Crippen molar-refractivity contribution in [3.05, 3.63) is 28.6 Å². The first-order chi connectivity index (χ1) is 7.91. The van der Waals surface area contributed by atoms with E-state index in [-0.39, 0.29) is 5.25 Å². The number of sulfone groups is 1. The second-order valence-corrected chi connectivity index (χ2v) is 9.35. The van der Waals surface area contributed by atoms with E-state index in [0.717, 1.165) is 9.75 Å². The molecule has 0 aromatic carbocycles. The van der Waals surface area contributed by atoms with Crippen LogP contribution in [0.4, 0.5) is 0 Å². The van der Waals surface area contributed by atoms with E-state index in [2.05, 4.69) is 0 Å². The van der Waals surface area contributed by atoms with Gasteiger partial charge in [-0.05, 0) is 38.1 Å². The standard InChI is InChI=1S/C11H11ClO2S3/c1-7(2)17(13,14)11-6-4-9(16-11)8-3-5-10(12)15-8/h3-7H,1-2H3. The molecule has 0 N–H and O–H groups in total. The third kappa shape index (κ3) is 2.57. The summed E-state index contributed by atoms with van der Waals surface area (Å²) in [6.07, 6.45) is 0. The van der Waals surface area contributed by atoms with Crippen molar-refractivity contribution < 1.29 is 8.42 Å². The summed E-state index contributed by atoms with van der Waals surface area (Å²) < 4.78 is 25.1. The lowest BCUT2D eigenvalue weighted by Crippen LogP contribution is -2.12. The minimum Gasteiger partial charge on any atom is -0.223 e. The maximum Gasteiger partial charge on any atom is 0.190 e. The molecule has 2 aromatic rings. The highest BCUT2D eigenvalue weighted by molar-refractivity contribution is 7.94. The zero-order valence-electron chi connectivity index (χ0n) is 9.31. The van der Waals surface area contributed by atoms with Gasteiger partial charge in [0.2, 0.25) is 0 Å². The maximum absolute atomic E-state index is 12.0. The van der Waals surface area contributed by atoms with Gasteiger partial charge in [-0.3, -0.25) is 0 Å². The molecule has 0 bridgehead atoms. The van der Waals surface area contributed by atoms with Crippen molar-refractivity contribution in [3.8, 4) is 9.75 Å². The molecular weight excluding hydrogens is 296 g/mol. The second-order valence-electron chi connectivity index (χ2n) is 3.82. The van der Waals surface area contributed by atoms with Crippen LogP contribution in [0.25, 0.3) is 9.75 Å². The molecule has 17 heavy (non-hydrogen) atoms. The summed E-state index contributed by atoms with van der Waals surface area (Å²) >= 11 is 8.61. The smallest absolute Gasteiger partial charge is 0.190 e. The van der Waals surface area contributed by atoms with E-state index in [1.165, 1.54) is 22.7 Å². The molecule has 0 aliphatic carbocycles. The Morgan fingerprint density at radius 2 is 1.65 bits per heavy atom. The Morgan fingerprint density at radius 3 is 2.18 bits per heavy atom. The quantitative estimate of drug-likeness (QED) is 0.846. The van der Waals surface area contributed by atoms with Crippen LogP contribution in [0.3, 0.4) is 0 Å². The minimum atomic E-state index is -3.17.